The van der Waals surface area contributed by atoms with Crippen molar-refractivity contribution in [2.45, 2.75) is 13.5 Å². The molecule has 1 heterocycles. The highest BCUT2D eigenvalue weighted by Gasteiger charge is 2.22. The van der Waals surface area contributed by atoms with Crippen molar-refractivity contribution in [2.24, 2.45) is 7.05 Å². The van der Waals surface area contributed by atoms with Gasteiger partial charge in [-0.15, -0.1) is 0 Å². The summed E-state index contributed by atoms with van der Waals surface area (Å²) in [7, 11) is 3.20. The van der Waals surface area contributed by atoms with Crippen molar-refractivity contribution in [3.63, 3.8) is 0 Å². The number of hydrogen-bond donors (Lipinski definition) is 1. The van der Waals surface area contributed by atoms with Gasteiger partial charge in [-0.3, -0.25) is 9.48 Å². The van der Waals surface area contributed by atoms with E-state index in [9.17, 15) is 9.18 Å². The summed E-state index contributed by atoms with van der Waals surface area (Å²) in [6.07, 6.45) is 0. The number of nitrogens with zero attached hydrogens (tertiary/aromatic N) is 3. The van der Waals surface area contributed by atoms with Crippen LogP contribution in [0.3, 0.4) is 0 Å². The van der Waals surface area contributed by atoms with Gasteiger partial charge in [-0.1, -0.05) is 17.7 Å². The van der Waals surface area contributed by atoms with Crippen LogP contribution in [0.15, 0.2) is 18.2 Å². The first kappa shape index (κ1) is 15.3. The van der Waals surface area contributed by atoms with Crippen LogP contribution in [0.4, 0.5) is 10.1 Å². The topological polar surface area (TPSA) is 64.2 Å². The van der Waals surface area contributed by atoms with Crippen LogP contribution in [0.1, 0.15) is 21.7 Å². The standard InChI is InChI=1S/C14H16ClFN4O/c1-8-12(17)13(20(3)18-8)14(21)19(2)7-9-10(15)5-4-6-11(9)16/h4-6H,7,17H2,1-3H3. The molecular weight excluding hydrogens is 295 g/mol. The number of benzene rings is 1. The maximum Gasteiger partial charge on any atom is 0.274 e. The second kappa shape index (κ2) is 5.73. The molecule has 0 aliphatic rings. The molecule has 7 heteroatoms. The fraction of sp³-hybridized carbons (Fsp3) is 0.286. The summed E-state index contributed by atoms with van der Waals surface area (Å²) >= 11 is 5.97. The van der Waals surface area contributed by atoms with Crippen molar-refractivity contribution in [1.29, 1.82) is 0 Å². The van der Waals surface area contributed by atoms with Crippen LogP contribution in [0.2, 0.25) is 5.02 Å². The highest BCUT2D eigenvalue weighted by molar-refractivity contribution is 6.31. The molecule has 0 aliphatic heterocycles. The first-order valence-corrected chi connectivity index (χ1v) is 6.68. The average Bonchev–Trinajstić information content (AvgIpc) is 2.67. The number of rotatable bonds is 3. The van der Waals surface area contributed by atoms with E-state index < -0.39 is 5.82 Å². The zero-order chi connectivity index (χ0) is 15.7. The quantitative estimate of drug-likeness (QED) is 0.946. The van der Waals surface area contributed by atoms with Crippen LogP contribution in [0.5, 0.6) is 0 Å². The van der Waals surface area contributed by atoms with E-state index in [4.69, 9.17) is 17.3 Å². The number of aryl methyl sites for hydroxylation is 2. The summed E-state index contributed by atoms with van der Waals surface area (Å²) in [5, 5.41) is 4.38. The SMILES string of the molecule is Cc1nn(C)c(C(=O)N(C)Cc2c(F)cccc2Cl)c1N. The van der Waals surface area contributed by atoms with Crippen molar-refractivity contribution in [3.8, 4) is 0 Å². The van der Waals surface area contributed by atoms with E-state index in [1.54, 1.807) is 27.1 Å². The van der Waals surface area contributed by atoms with Crippen molar-refractivity contribution in [2.75, 3.05) is 12.8 Å². The maximum absolute atomic E-state index is 13.8. The fourth-order valence-corrected chi connectivity index (χ4v) is 2.32. The maximum atomic E-state index is 13.8. The minimum absolute atomic E-state index is 0.0496. The molecule has 1 aromatic heterocycles. The van der Waals surface area contributed by atoms with Crippen LogP contribution in [-0.4, -0.2) is 27.6 Å². The van der Waals surface area contributed by atoms with E-state index in [1.165, 1.54) is 21.7 Å². The molecule has 112 valence electrons. The van der Waals surface area contributed by atoms with E-state index in [-0.39, 0.29) is 28.7 Å². The first-order chi connectivity index (χ1) is 9.82. The molecule has 0 unspecified atom stereocenters. The van der Waals surface area contributed by atoms with Gasteiger partial charge in [0.2, 0.25) is 0 Å². The lowest BCUT2D eigenvalue weighted by Crippen LogP contribution is -2.29. The van der Waals surface area contributed by atoms with Gasteiger partial charge in [0.05, 0.1) is 17.9 Å². The van der Waals surface area contributed by atoms with Gasteiger partial charge in [-0.25, -0.2) is 4.39 Å². The third kappa shape index (κ3) is 2.85. The predicted molar refractivity (Wildman–Crippen MR) is 79.6 cm³/mol. The third-order valence-electron chi connectivity index (χ3n) is 3.27. The molecule has 21 heavy (non-hydrogen) atoms. The Bertz CT molecular complexity index is 678. The van der Waals surface area contributed by atoms with Gasteiger partial charge in [0.25, 0.3) is 5.91 Å². The molecule has 0 radical (unpaired) electrons. The normalized spacial score (nSPS) is 10.7. The van der Waals surface area contributed by atoms with Gasteiger partial charge in [0.1, 0.15) is 11.5 Å². The Kier molecular flexibility index (Phi) is 4.18. The number of nitrogens with two attached hydrogens (primary N) is 1. The van der Waals surface area contributed by atoms with Gasteiger partial charge in [-0.05, 0) is 19.1 Å². The number of carbonyl (C=O) groups is 1. The van der Waals surface area contributed by atoms with E-state index >= 15 is 0 Å². The smallest absolute Gasteiger partial charge is 0.274 e. The summed E-state index contributed by atoms with van der Waals surface area (Å²) in [5.74, 6) is -0.786. The molecule has 2 rings (SSSR count). The summed E-state index contributed by atoms with van der Waals surface area (Å²) in [6.45, 7) is 1.77. The van der Waals surface area contributed by atoms with Crippen molar-refractivity contribution in [1.82, 2.24) is 14.7 Å². The van der Waals surface area contributed by atoms with Crippen LogP contribution in [0.25, 0.3) is 0 Å². The van der Waals surface area contributed by atoms with E-state index in [0.29, 0.717) is 11.4 Å². The molecule has 0 saturated heterocycles. The number of halogens is 2. The fourth-order valence-electron chi connectivity index (χ4n) is 2.10. The van der Waals surface area contributed by atoms with Crippen molar-refractivity contribution in [3.05, 3.63) is 46.0 Å². The van der Waals surface area contributed by atoms with Crippen molar-refractivity contribution >= 4 is 23.2 Å². The second-order valence-electron chi connectivity index (χ2n) is 4.83. The minimum Gasteiger partial charge on any atom is -0.395 e. The largest absolute Gasteiger partial charge is 0.395 e. The molecule has 0 atom stereocenters. The molecule has 2 aromatic rings. The van der Waals surface area contributed by atoms with E-state index in [1.807, 2.05) is 0 Å². The average molecular weight is 311 g/mol. The first-order valence-electron chi connectivity index (χ1n) is 6.30. The summed E-state index contributed by atoms with van der Waals surface area (Å²) in [6, 6.07) is 4.41. The summed E-state index contributed by atoms with van der Waals surface area (Å²) in [5.41, 5.74) is 7.32. The Balaban J connectivity index is 2.28. The van der Waals surface area contributed by atoms with Gasteiger partial charge in [-0.2, -0.15) is 5.10 Å². The number of hydrogen-bond acceptors (Lipinski definition) is 3. The molecule has 1 amide bonds. The van der Waals surface area contributed by atoms with Gasteiger partial charge < -0.3 is 10.6 Å². The molecule has 0 saturated carbocycles. The minimum atomic E-state index is -0.448. The Morgan fingerprint density at radius 1 is 1.52 bits per heavy atom. The number of carbonyl (C=O) groups excluding carboxylic acids is 1. The van der Waals surface area contributed by atoms with Gasteiger partial charge in [0.15, 0.2) is 0 Å². The molecular formula is C14H16ClFN4O. The third-order valence-corrected chi connectivity index (χ3v) is 3.63. The summed E-state index contributed by atoms with van der Waals surface area (Å²) in [4.78, 5) is 13.8. The Labute approximate surface area is 127 Å². The van der Waals surface area contributed by atoms with Gasteiger partial charge >= 0.3 is 0 Å². The number of aromatic nitrogens is 2. The molecule has 1 aromatic carbocycles. The molecule has 0 spiro atoms. The Morgan fingerprint density at radius 3 is 2.71 bits per heavy atom. The number of amides is 1. The van der Waals surface area contributed by atoms with Crippen LogP contribution < -0.4 is 5.73 Å². The van der Waals surface area contributed by atoms with Crippen molar-refractivity contribution < 1.29 is 9.18 Å². The molecule has 2 N–H and O–H groups in total. The number of nitrogen functional groups attached to an aromatic ring is 1. The zero-order valence-electron chi connectivity index (χ0n) is 12.0. The lowest BCUT2D eigenvalue weighted by Gasteiger charge is -2.18. The van der Waals surface area contributed by atoms with E-state index in [0.717, 1.165) is 0 Å². The summed E-state index contributed by atoms with van der Waals surface area (Å²) < 4.78 is 15.2. The Morgan fingerprint density at radius 2 is 2.19 bits per heavy atom. The molecule has 0 bridgehead atoms. The number of anilines is 1. The predicted octanol–water partition coefficient (Wildman–Crippen LogP) is 2.38. The molecule has 0 fully saturated rings. The lowest BCUT2D eigenvalue weighted by atomic mass is 10.2. The molecule has 5 nitrogen and oxygen atoms in total. The highest BCUT2D eigenvalue weighted by atomic mass is 35.5. The monoisotopic (exact) mass is 310 g/mol. The molecule has 0 aliphatic carbocycles. The van der Waals surface area contributed by atoms with Crippen LogP contribution in [-0.2, 0) is 13.6 Å². The van der Waals surface area contributed by atoms with Crippen LogP contribution in [0, 0.1) is 12.7 Å². The zero-order valence-corrected chi connectivity index (χ0v) is 12.8. The Hall–Kier alpha value is -2.08. The van der Waals surface area contributed by atoms with E-state index in [2.05, 4.69) is 5.10 Å². The highest BCUT2D eigenvalue weighted by Crippen LogP contribution is 2.22. The lowest BCUT2D eigenvalue weighted by molar-refractivity contribution is 0.0774. The van der Waals surface area contributed by atoms with Crippen LogP contribution >= 0.6 is 11.6 Å². The van der Waals surface area contributed by atoms with Gasteiger partial charge in [0, 0.05) is 24.7 Å². The second-order valence-corrected chi connectivity index (χ2v) is 5.24.